The summed E-state index contributed by atoms with van der Waals surface area (Å²) >= 11 is 0. The van der Waals surface area contributed by atoms with Crippen molar-refractivity contribution in [1.82, 2.24) is 5.16 Å². The van der Waals surface area contributed by atoms with Gasteiger partial charge in [-0.1, -0.05) is 41.6 Å². The lowest BCUT2D eigenvalue weighted by molar-refractivity contribution is 0.0597. The summed E-state index contributed by atoms with van der Waals surface area (Å²) in [6.07, 6.45) is 0. The lowest BCUT2D eigenvalue weighted by Crippen LogP contribution is -2.13. The number of aromatic hydroxyl groups is 1. The Morgan fingerprint density at radius 1 is 1.03 bits per heavy atom. The zero-order chi connectivity index (χ0) is 20.4. The highest BCUT2D eigenvalue weighted by atomic mass is 16.5. The molecule has 0 radical (unpaired) electrons. The number of rotatable bonds is 4. The molecule has 0 bridgehead atoms. The minimum atomic E-state index is -0.697. The van der Waals surface area contributed by atoms with E-state index in [4.69, 9.17) is 4.52 Å². The number of carbonyl (C=O) groups excluding carboxylic acids is 2. The van der Waals surface area contributed by atoms with Crippen LogP contribution in [0.4, 0.5) is 5.69 Å². The average molecular weight is 388 g/mol. The van der Waals surface area contributed by atoms with E-state index in [0.717, 1.165) is 5.56 Å². The fourth-order valence-electron chi connectivity index (χ4n) is 2.99. The topological polar surface area (TPSA) is 102 Å². The second-order valence-corrected chi connectivity index (χ2v) is 6.26. The molecule has 1 aromatic heterocycles. The molecule has 7 nitrogen and oxygen atoms in total. The Balaban J connectivity index is 1.67. The first-order valence-electron chi connectivity index (χ1n) is 8.75. The number of methoxy groups -OCH3 is 1. The number of amides is 1. The van der Waals surface area contributed by atoms with Gasteiger partial charge >= 0.3 is 5.97 Å². The van der Waals surface area contributed by atoms with E-state index in [1.54, 1.807) is 18.2 Å². The van der Waals surface area contributed by atoms with Gasteiger partial charge in [0, 0.05) is 11.1 Å². The van der Waals surface area contributed by atoms with Gasteiger partial charge in [0.2, 0.25) is 0 Å². The van der Waals surface area contributed by atoms with Crippen LogP contribution in [0.1, 0.15) is 20.7 Å². The van der Waals surface area contributed by atoms with E-state index in [-0.39, 0.29) is 17.0 Å². The molecule has 0 atom stereocenters. The van der Waals surface area contributed by atoms with E-state index in [9.17, 15) is 14.7 Å². The zero-order valence-corrected chi connectivity index (χ0v) is 15.4. The van der Waals surface area contributed by atoms with Crippen molar-refractivity contribution >= 4 is 28.5 Å². The summed E-state index contributed by atoms with van der Waals surface area (Å²) in [6.45, 7) is 0. The average Bonchev–Trinajstić information content (AvgIpc) is 3.18. The second kappa shape index (κ2) is 7.47. The number of ether oxygens (including phenoxy) is 1. The molecule has 1 amide bonds. The molecule has 0 aliphatic heterocycles. The van der Waals surface area contributed by atoms with E-state index in [1.807, 2.05) is 30.3 Å². The summed E-state index contributed by atoms with van der Waals surface area (Å²) in [5, 5.41) is 17.6. The van der Waals surface area contributed by atoms with Crippen LogP contribution in [0.3, 0.4) is 0 Å². The number of phenols is 1. The first-order chi connectivity index (χ1) is 14.1. The third-order valence-corrected chi connectivity index (χ3v) is 4.46. The molecule has 0 aliphatic carbocycles. The van der Waals surface area contributed by atoms with Gasteiger partial charge in [0.1, 0.15) is 11.1 Å². The molecule has 0 fully saturated rings. The molecule has 144 valence electrons. The van der Waals surface area contributed by atoms with Gasteiger partial charge in [-0.3, -0.25) is 4.79 Å². The third kappa shape index (κ3) is 3.41. The molecule has 3 aromatic carbocycles. The Morgan fingerprint density at radius 2 is 1.83 bits per heavy atom. The first-order valence-corrected chi connectivity index (χ1v) is 8.75. The van der Waals surface area contributed by atoms with Crippen LogP contribution in [0, 0.1) is 0 Å². The van der Waals surface area contributed by atoms with Gasteiger partial charge in [-0.25, -0.2) is 4.79 Å². The van der Waals surface area contributed by atoms with E-state index in [1.165, 1.54) is 25.3 Å². The van der Waals surface area contributed by atoms with Crippen molar-refractivity contribution in [3.05, 3.63) is 77.9 Å². The van der Waals surface area contributed by atoms with E-state index >= 15 is 0 Å². The predicted molar refractivity (Wildman–Crippen MR) is 107 cm³/mol. The smallest absolute Gasteiger partial charge is 0.341 e. The number of phenolic OH excluding ortho intramolecular Hbond substituents is 1. The highest BCUT2D eigenvalue weighted by Crippen LogP contribution is 2.31. The predicted octanol–water partition coefficient (Wildman–Crippen LogP) is 4.24. The van der Waals surface area contributed by atoms with Gasteiger partial charge in [-0.2, -0.15) is 0 Å². The number of hydrogen-bond acceptors (Lipinski definition) is 6. The highest BCUT2D eigenvalue weighted by Gasteiger charge is 2.18. The van der Waals surface area contributed by atoms with Crippen molar-refractivity contribution in [1.29, 1.82) is 0 Å². The van der Waals surface area contributed by atoms with Gasteiger partial charge in [0.25, 0.3) is 5.91 Å². The minimum absolute atomic E-state index is 0.0360. The molecule has 0 unspecified atom stereocenters. The zero-order valence-electron chi connectivity index (χ0n) is 15.4. The second-order valence-electron chi connectivity index (χ2n) is 6.26. The van der Waals surface area contributed by atoms with Crippen molar-refractivity contribution in [3.8, 4) is 17.1 Å². The number of anilines is 1. The summed E-state index contributed by atoms with van der Waals surface area (Å²) in [5.41, 5.74) is 1.88. The Labute approximate surface area is 165 Å². The van der Waals surface area contributed by atoms with Crippen LogP contribution in [-0.4, -0.2) is 29.2 Å². The van der Waals surface area contributed by atoms with E-state index in [2.05, 4.69) is 15.2 Å². The van der Waals surface area contributed by atoms with Gasteiger partial charge in [-0.05, 0) is 30.3 Å². The molecule has 0 saturated carbocycles. The molecular weight excluding hydrogens is 372 g/mol. The molecule has 1 heterocycles. The fourth-order valence-corrected chi connectivity index (χ4v) is 2.99. The summed E-state index contributed by atoms with van der Waals surface area (Å²) < 4.78 is 10.1. The largest absolute Gasteiger partial charge is 0.505 e. The Morgan fingerprint density at radius 3 is 2.59 bits per heavy atom. The third-order valence-electron chi connectivity index (χ3n) is 4.46. The lowest BCUT2D eigenvalue weighted by Gasteiger charge is -2.10. The van der Waals surface area contributed by atoms with Crippen molar-refractivity contribution in [2.45, 2.75) is 0 Å². The summed E-state index contributed by atoms with van der Waals surface area (Å²) in [7, 11) is 1.21. The summed E-state index contributed by atoms with van der Waals surface area (Å²) in [6, 6.07) is 18.9. The fraction of sp³-hybridized carbons (Fsp3) is 0.0455. The molecule has 2 N–H and O–H groups in total. The van der Waals surface area contributed by atoms with Gasteiger partial charge in [0.05, 0.1) is 18.2 Å². The number of benzene rings is 3. The maximum Gasteiger partial charge on any atom is 0.341 e. The van der Waals surface area contributed by atoms with Crippen molar-refractivity contribution in [3.63, 3.8) is 0 Å². The van der Waals surface area contributed by atoms with Crippen LogP contribution in [0.2, 0.25) is 0 Å². The van der Waals surface area contributed by atoms with Crippen LogP contribution in [0.25, 0.3) is 22.2 Å². The summed E-state index contributed by atoms with van der Waals surface area (Å²) in [4.78, 5) is 24.5. The Bertz CT molecular complexity index is 1210. The maximum absolute atomic E-state index is 12.7. The van der Waals surface area contributed by atoms with E-state index < -0.39 is 11.9 Å². The molecule has 4 aromatic rings. The lowest BCUT2D eigenvalue weighted by atomic mass is 10.1. The number of aromatic nitrogens is 1. The molecular formula is C22H16N2O5. The molecule has 4 rings (SSSR count). The van der Waals surface area contributed by atoms with Crippen molar-refractivity contribution < 1.29 is 24.0 Å². The first kappa shape index (κ1) is 18.2. The maximum atomic E-state index is 12.7. The van der Waals surface area contributed by atoms with Gasteiger partial charge in [-0.15, -0.1) is 0 Å². The minimum Gasteiger partial charge on any atom is -0.505 e. The number of fused-ring (bicyclic) bond motifs is 1. The Hall–Kier alpha value is -4.13. The normalized spacial score (nSPS) is 10.7. The number of nitrogens with zero attached hydrogens (tertiary/aromatic N) is 1. The standard InChI is InChI=1S/C22H16N2O5/c1-28-22(27)15-8-5-9-18(19(15)25)23-21(26)14-10-11-17-16(12-14)20(29-24-17)13-6-3-2-4-7-13/h2-12,25H,1H3,(H,23,26). The van der Waals surface area contributed by atoms with Crippen molar-refractivity contribution in [2.75, 3.05) is 12.4 Å². The van der Waals surface area contributed by atoms with Crippen LogP contribution in [-0.2, 0) is 4.74 Å². The van der Waals surface area contributed by atoms with Crippen LogP contribution in [0.5, 0.6) is 5.75 Å². The SMILES string of the molecule is COC(=O)c1cccc(NC(=O)c2ccc3noc(-c4ccccc4)c3c2)c1O. The molecule has 7 heteroatoms. The quantitative estimate of drug-likeness (QED) is 0.400. The number of hydrogen-bond donors (Lipinski definition) is 2. The van der Waals surface area contributed by atoms with Gasteiger partial charge < -0.3 is 19.7 Å². The molecule has 0 spiro atoms. The highest BCUT2D eigenvalue weighted by molar-refractivity contribution is 6.08. The molecule has 0 aliphatic rings. The van der Waals surface area contributed by atoms with Crippen LogP contribution < -0.4 is 5.32 Å². The van der Waals surface area contributed by atoms with Crippen molar-refractivity contribution in [2.24, 2.45) is 0 Å². The van der Waals surface area contributed by atoms with Crippen LogP contribution >= 0.6 is 0 Å². The molecule has 0 saturated heterocycles. The summed E-state index contributed by atoms with van der Waals surface area (Å²) in [5.74, 6) is -0.948. The Kier molecular flexibility index (Phi) is 4.70. The number of esters is 1. The number of para-hydroxylation sites is 1. The number of nitrogens with one attached hydrogen (secondary N) is 1. The molecule has 29 heavy (non-hydrogen) atoms. The monoisotopic (exact) mass is 388 g/mol. The number of carbonyl (C=O) groups is 2. The van der Waals surface area contributed by atoms with Gasteiger partial charge in [0.15, 0.2) is 11.5 Å². The van der Waals surface area contributed by atoms with Crippen LogP contribution in [0.15, 0.2) is 71.3 Å². The van der Waals surface area contributed by atoms with E-state index in [0.29, 0.717) is 22.2 Å².